The Labute approximate surface area is 152 Å². The fourth-order valence-electron chi connectivity index (χ4n) is 5.38. The van der Waals surface area contributed by atoms with Crippen molar-refractivity contribution in [1.82, 2.24) is 4.98 Å². The molecule has 1 spiro atoms. The van der Waals surface area contributed by atoms with Crippen LogP contribution in [0.1, 0.15) is 36.8 Å². The number of aromatic nitrogens is 1. The van der Waals surface area contributed by atoms with E-state index in [0.717, 1.165) is 22.4 Å². The molecule has 2 aromatic heterocycles. The average Bonchev–Trinajstić information content (AvgIpc) is 3.37. The molecule has 0 amide bonds. The molecule has 26 heavy (non-hydrogen) atoms. The SMILES string of the molecule is c1ccc2c(c1)oc1c(-c3nccc4c3CC3(CCCC3)C4)cccc12. The van der Waals surface area contributed by atoms with Gasteiger partial charge in [-0.3, -0.25) is 4.98 Å². The van der Waals surface area contributed by atoms with Gasteiger partial charge in [0.1, 0.15) is 11.2 Å². The van der Waals surface area contributed by atoms with E-state index in [1.165, 1.54) is 60.4 Å². The third-order valence-electron chi connectivity index (χ3n) is 6.59. The molecular formula is C24H21NO. The average molecular weight is 339 g/mol. The second-order valence-electron chi connectivity index (χ2n) is 8.14. The van der Waals surface area contributed by atoms with Crippen LogP contribution in [0.5, 0.6) is 0 Å². The highest BCUT2D eigenvalue weighted by Crippen LogP contribution is 2.50. The van der Waals surface area contributed by atoms with E-state index >= 15 is 0 Å². The van der Waals surface area contributed by atoms with Gasteiger partial charge in [-0.1, -0.05) is 43.2 Å². The van der Waals surface area contributed by atoms with Crippen molar-refractivity contribution in [2.24, 2.45) is 5.41 Å². The zero-order valence-corrected chi connectivity index (χ0v) is 14.8. The molecule has 1 fully saturated rings. The third-order valence-corrected chi connectivity index (χ3v) is 6.59. The van der Waals surface area contributed by atoms with Gasteiger partial charge in [-0.05, 0) is 60.4 Å². The first-order chi connectivity index (χ1) is 12.8. The van der Waals surface area contributed by atoms with Crippen LogP contribution in [0.4, 0.5) is 0 Å². The number of nitrogens with zero attached hydrogens (tertiary/aromatic N) is 1. The number of pyridine rings is 1. The lowest BCUT2D eigenvalue weighted by molar-refractivity contribution is 0.318. The third kappa shape index (κ3) is 1.96. The van der Waals surface area contributed by atoms with Crippen molar-refractivity contribution >= 4 is 21.9 Å². The van der Waals surface area contributed by atoms with Crippen molar-refractivity contribution in [2.45, 2.75) is 38.5 Å². The van der Waals surface area contributed by atoms with Crippen LogP contribution in [0.3, 0.4) is 0 Å². The van der Waals surface area contributed by atoms with Gasteiger partial charge in [-0.15, -0.1) is 0 Å². The second kappa shape index (κ2) is 5.20. The maximum Gasteiger partial charge on any atom is 0.144 e. The molecule has 0 bridgehead atoms. The van der Waals surface area contributed by atoms with Crippen LogP contribution >= 0.6 is 0 Å². The van der Waals surface area contributed by atoms with E-state index in [0.29, 0.717) is 5.41 Å². The number of para-hydroxylation sites is 2. The van der Waals surface area contributed by atoms with Gasteiger partial charge in [0.05, 0.1) is 5.69 Å². The Balaban J connectivity index is 1.58. The van der Waals surface area contributed by atoms with Gasteiger partial charge in [-0.2, -0.15) is 0 Å². The summed E-state index contributed by atoms with van der Waals surface area (Å²) in [6, 6.07) is 17.0. The smallest absolute Gasteiger partial charge is 0.144 e. The quantitative estimate of drug-likeness (QED) is 0.406. The number of furan rings is 1. The van der Waals surface area contributed by atoms with Crippen molar-refractivity contribution in [2.75, 3.05) is 0 Å². The minimum atomic E-state index is 0.502. The molecular weight excluding hydrogens is 318 g/mol. The zero-order valence-electron chi connectivity index (χ0n) is 14.8. The van der Waals surface area contributed by atoms with E-state index in [1.54, 1.807) is 0 Å². The van der Waals surface area contributed by atoms with E-state index in [1.807, 2.05) is 12.3 Å². The molecule has 2 heteroatoms. The summed E-state index contributed by atoms with van der Waals surface area (Å²) in [5.74, 6) is 0. The lowest BCUT2D eigenvalue weighted by atomic mass is 9.83. The van der Waals surface area contributed by atoms with Crippen LogP contribution in [0.15, 0.2) is 59.1 Å². The van der Waals surface area contributed by atoms with E-state index in [9.17, 15) is 0 Å². The molecule has 2 aliphatic rings. The highest BCUT2D eigenvalue weighted by atomic mass is 16.3. The molecule has 2 aromatic carbocycles. The molecule has 0 saturated heterocycles. The van der Waals surface area contributed by atoms with Gasteiger partial charge < -0.3 is 4.42 Å². The molecule has 2 aliphatic carbocycles. The first kappa shape index (κ1) is 14.5. The van der Waals surface area contributed by atoms with E-state index in [-0.39, 0.29) is 0 Å². The summed E-state index contributed by atoms with van der Waals surface area (Å²) in [4.78, 5) is 4.84. The summed E-state index contributed by atoms with van der Waals surface area (Å²) < 4.78 is 6.27. The Bertz CT molecular complexity index is 1150. The molecule has 0 unspecified atom stereocenters. The fourth-order valence-corrected chi connectivity index (χ4v) is 5.38. The predicted molar refractivity (Wildman–Crippen MR) is 105 cm³/mol. The molecule has 1 saturated carbocycles. The number of hydrogen-bond acceptors (Lipinski definition) is 2. The topological polar surface area (TPSA) is 26.0 Å². The Morgan fingerprint density at radius 3 is 2.62 bits per heavy atom. The predicted octanol–water partition coefficient (Wildman–Crippen LogP) is 6.31. The molecule has 4 aromatic rings. The summed E-state index contributed by atoms with van der Waals surface area (Å²) in [6.45, 7) is 0. The maximum atomic E-state index is 6.27. The van der Waals surface area contributed by atoms with Crippen LogP contribution < -0.4 is 0 Å². The summed E-state index contributed by atoms with van der Waals surface area (Å²) in [5.41, 5.74) is 7.67. The Kier molecular flexibility index (Phi) is 2.91. The molecule has 2 nitrogen and oxygen atoms in total. The Morgan fingerprint density at radius 1 is 0.846 bits per heavy atom. The molecule has 2 heterocycles. The first-order valence-electron chi connectivity index (χ1n) is 9.70. The molecule has 0 aliphatic heterocycles. The van der Waals surface area contributed by atoms with Crippen LogP contribution in [-0.2, 0) is 12.8 Å². The highest BCUT2D eigenvalue weighted by molar-refractivity contribution is 6.09. The van der Waals surface area contributed by atoms with Gasteiger partial charge in [0.15, 0.2) is 0 Å². The van der Waals surface area contributed by atoms with Crippen LogP contribution in [-0.4, -0.2) is 4.98 Å². The Morgan fingerprint density at radius 2 is 1.69 bits per heavy atom. The first-order valence-corrected chi connectivity index (χ1v) is 9.70. The largest absolute Gasteiger partial charge is 0.455 e. The number of benzene rings is 2. The van der Waals surface area contributed by atoms with Gasteiger partial charge in [-0.25, -0.2) is 0 Å². The van der Waals surface area contributed by atoms with Crippen molar-refractivity contribution in [3.63, 3.8) is 0 Å². The molecule has 0 radical (unpaired) electrons. The van der Waals surface area contributed by atoms with Crippen LogP contribution in [0, 0.1) is 5.41 Å². The van der Waals surface area contributed by atoms with Crippen molar-refractivity contribution in [3.05, 3.63) is 65.9 Å². The minimum absolute atomic E-state index is 0.502. The van der Waals surface area contributed by atoms with Gasteiger partial charge in [0.25, 0.3) is 0 Å². The number of rotatable bonds is 1. The van der Waals surface area contributed by atoms with Gasteiger partial charge in [0, 0.05) is 22.5 Å². The summed E-state index contributed by atoms with van der Waals surface area (Å²) in [7, 11) is 0. The molecule has 128 valence electrons. The standard InChI is InChI=1S/C24H21NO/c1-2-9-21-17(6-1)18-7-5-8-19(23(18)26-21)22-20-15-24(11-3-4-12-24)14-16(20)10-13-25-22/h1-2,5-10,13H,3-4,11-12,14-15H2. The van der Waals surface area contributed by atoms with Crippen molar-refractivity contribution in [1.29, 1.82) is 0 Å². The van der Waals surface area contributed by atoms with Crippen LogP contribution in [0.25, 0.3) is 33.2 Å². The monoisotopic (exact) mass is 339 g/mol. The van der Waals surface area contributed by atoms with E-state index in [4.69, 9.17) is 9.40 Å². The van der Waals surface area contributed by atoms with Crippen LogP contribution in [0.2, 0.25) is 0 Å². The zero-order chi connectivity index (χ0) is 17.1. The highest BCUT2D eigenvalue weighted by Gasteiger charge is 2.40. The lowest BCUT2D eigenvalue weighted by Gasteiger charge is -2.21. The maximum absolute atomic E-state index is 6.27. The molecule has 6 rings (SSSR count). The lowest BCUT2D eigenvalue weighted by Crippen LogP contribution is -2.15. The Hall–Kier alpha value is -2.61. The molecule has 0 N–H and O–H groups in total. The number of hydrogen-bond donors (Lipinski definition) is 0. The molecule has 0 atom stereocenters. The minimum Gasteiger partial charge on any atom is -0.455 e. The van der Waals surface area contributed by atoms with E-state index < -0.39 is 0 Å². The van der Waals surface area contributed by atoms with Gasteiger partial charge in [0.2, 0.25) is 0 Å². The van der Waals surface area contributed by atoms with Crippen molar-refractivity contribution < 1.29 is 4.42 Å². The summed E-state index contributed by atoms with van der Waals surface area (Å²) in [6.07, 6.45) is 9.91. The van der Waals surface area contributed by atoms with Crippen molar-refractivity contribution in [3.8, 4) is 11.3 Å². The fraction of sp³-hybridized carbons (Fsp3) is 0.292. The van der Waals surface area contributed by atoms with Gasteiger partial charge >= 0.3 is 0 Å². The summed E-state index contributed by atoms with van der Waals surface area (Å²) >= 11 is 0. The number of fused-ring (bicyclic) bond motifs is 4. The van der Waals surface area contributed by atoms with E-state index in [2.05, 4.69) is 42.5 Å². The second-order valence-corrected chi connectivity index (χ2v) is 8.14. The summed E-state index contributed by atoms with van der Waals surface area (Å²) in [5, 5.41) is 2.37. The normalized spacial score (nSPS) is 18.2.